The summed E-state index contributed by atoms with van der Waals surface area (Å²) in [5.41, 5.74) is -1.82. The van der Waals surface area contributed by atoms with Crippen molar-refractivity contribution in [1.29, 1.82) is 0 Å². The summed E-state index contributed by atoms with van der Waals surface area (Å²) in [5, 5.41) is 28.2. The highest BCUT2D eigenvalue weighted by Crippen LogP contribution is 2.27. The molecule has 1 aromatic heterocycles. The topological polar surface area (TPSA) is 125 Å². The summed E-state index contributed by atoms with van der Waals surface area (Å²) in [5.74, 6) is 0. The van der Waals surface area contributed by atoms with Gasteiger partial charge < -0.3 is 20.1 Å². The number of aromatic nitrogens is 2. The molecule has 0 saturated carbocycles. The fourth-order valence-electron chi connectivity index (χ4n) is 1.70. The van der Waals surface area contributed by atoms with Gasteiger partial charge in [0.25, 0.3) is 5.56 Å². The highest BCUT2D eigenvalue weighted by atomic mass is 16.6. The first-order chi connectivity index (χ1) is 8.47. The summed E-state index contributed by atoms with van der Waals surface area (Å²) in [6.45, 7) is -0.524. The maximum atomic E-state index is 11.6. The predicted octanol–water partition coefficient (Wildman–Crippen LogP) is -2.85. The van der Waals surface area contributed by atoms with Gasteiger partial charge in [-0.3, -0.25) is 14.3 Å². The molecule has 0 aromatic carbocycles. The van der Waals surface area contributed by atoms with Gasteiger partial charge >= 0.3 is 5.69 Å². The van der Waals surface area contributed by atoms with Gasteiger partial charge in [0, 0.05) is 12.3 Å². The van der Waals surface area contributed by atoms with Crippen LogP contribution in [0.4, 0.5) is 0 Å². The molecule has 1 saturated heterocycles. The van der Waals surface area contributed by atoms with E-state index in [1.807, 2.05) is 0 Å². The van der Waals surface area contributed by atoms with E-state index in [-0.39, 0.29) is 4.98 Å². The van der Waals surface area contributed by atoms with E-state index in [0.29, 0.717) is 0 Å². The molecule has 1 aromatic rings. The van der Waals surface area contributed by atoms with Crippen molar-refractivity contribution in [2.24, 2.45) is 0 Å². The van der Waals surface area contributed by atoms with Gasteiger partial charge in [0.2, 0.25) is 0 Å². The monoisotopic (exact) mass is 245 g/mol. The van der Waals surface area contributed by atoms with Crippen molar-refractivity contribution in [1.82, 2.24) is 9.54 Å². The second-order valence-corrected chi connectivity index (χ2v) is 3.68. The highest BCUT2D eigenvalue weighted by Gasteiger charge is 2.43. The lowest BCUT2D eigenvalue weighted by Crippen LogP contribution is -2.37. The summed E-state index contributed by atoms with van der Waals surface area (Å²) in [4.78, 5) is 22.8. The van der Waals surface area contributed by atoms with E-state index >= 15 is 0 Å². The number of aliphatic hydroxyl groups is 3. The van der Waals surface area contributed by atoms with Gasteiger partial charge in [-0.2, -0.15) is 0 Å². The molecule has 4 atom stereocenters. The number of H-pyrrole nitrogens is 1. The van der Waals surface area contributed by atoms with Gasteiger partial charge in [0.15, 0.2) is 7.64 Å². The molecule has 4 N–H and O–H groups in total. The van der Waals surface area contributed by atoms with Crippen molar-refractivity contribution < 1.29 is 21.5 Å². The van der Waals surface area contributed by atoms with E-state index in [0.717, 1.165) is 16.8 Å². The Morgan fingerprint density at radius 3 is 2.76 bits per heavy atom. The quantitative estimate of drug-likeness (QED) is 0.444. The van der Waals surface area contributed by atoms with Gasteiger partial charge in [-0.25, -0.2) is 4.79 Å². The van der Waals surface area contributed by atoms with Gasteiger partial charge in [0.05, 0.1) is 6.61 Å². The summed E-state index contributed by atoms with van der Waals surface area (Å²) >= 11 is 0. The highest BCUT2D eigenvalue weighted by molar-refractivity contribution is 4.92. The fraction of sp³-hybridized carbons (Fsp3) is 0.556. The molecule has 17 heavy (non-hydrogen) atoms. The van der Waals surface area contributed by atoms with Crippen molar-refractivity contribution in [3.05, 3.63) is 33.1 Å². The molecule has 0 bridgehead atoms. The molecule has 2 heterocycles. The molecule has 1 aliphatic heterocycles. The van der Waals surface area contributed by atoms with Crippen LogP contribution >= 0.6 is 0 Å². The van der Waals surface area contributed by atoms with Gasteiger partial charge in [-0.05, 0) is 0 Å². The molecule has 0 aliphatic carbocycles. The number of aliphatic hydroxyl groups excluding tert-OH is 3. The van der Waals surface area contributed by atoms with Crippen LogP contribution in [-0.4, -0.2) is 49.8 Å². The van der Waals surface area contributed by atoms with E-state index in [9.17, 15) is 19.8 Å². The average molecular weight is 245 g/mol. The van der Waals surface area contributed by atoms with Crippen LogP contribution in [0.5, 0.6) is 0 Å². The maximum Gasteiger partial charge on any atom is 0.330 e. The first-order valence-electron chi connectivity index (χ1n) is 5.38. The van der Waals surface area contributed by atoms with E-state index in [4.69, 9.17) is 11.3 Å². The first-order valence-corrected chi connectivity index (χ1v) is 4.93. The predicted molar refractivity (Wildman–Crippen MR) is 54.3 cm³/mol. The molecular formula is C9H12N2O6. The van der Waals surface area contributed by atoms with E-state index in [1.54, 1.807) is 0 Å². The number of ether oxygens (including phenoxy) is 1. The van der Waals surface area contributed by atoms with Crippen molar-refractivity contribution in [2.75, 3.05) is 6.61 Å². The summed E-state index contributed by atoms with van der Waals surface area (Å²) < 4.78 is 13.1. The molecule has 0 amide bonds. The Labute approximate surface area is 96.2 Å². The number of nitrogens with zero attached hydrogens (tertiary/aromatic N) is 1. The smallest absolute Gasteiger partial charge is 0.330 e. The molecule has 1 aliphatic rings. The largest absolute Gasteiger partial charge is 0.394 e. The molecule has 94 valence electrons. The summed E-state index contributed by atoms with van der Waals surface area (Å²) in [6.07, 6.45) is -3.99. The lowest BCUT2D eigenvalue weighted by Gasteiger charge is -2.16. The SMILES string of the molecule is [2H]n1c(=O)ccn([C@@H]2O[C@H](CO)[C@@H](O)[C@H]2O)c1=O. The Kier molecular flexibility index (Phi) is 2.77. The van der Waals surface area contributed by atoms with Crippen molar-refractivity contribution >= 4 is 0 Å². The Morgan fingerprint density at radius 2 is 2.18 bits per heavy atom. The van der Waals surface area contributed by atoms with Gasteiger partial charge in [-0.1, -0.05) is 0 Å². The molecule has 0 spiro atoms. The lowest BCUT2D eigenvalue weighted by atomic mass is 10.1. The van der Waals surface area contributed by atoms with E-state index < -0.39 is 42.4 Å². The Balaban J connectivity index is 2.42. The van der Waals surface area contributed by atoms with Crippen LogP contribution in [0.3, 0.4) is 0 Å². The molecular weight excluding hydrogens is 232 g/mol. The lowest BCUT2D eigenvalue weighted by molar-refractivity contribution is -0.0550. The number of aromatic amines is 1. The summed E-state index contributed by atoms with van der Waals surface area (Å²) in [6, 6.07) is 0.961. The number of rotatable bonds is 2. The van der Waals surface area contributed by atoms with Crippen LogP contribution in [0.25, 0.3) is 0 Å². The molecule has 0 unspecified atom stereocenters. The minimum absolute atomic E-state index is 0.106. The standard InChI is InChI=1S/C9H12N2O6/c12-3-4-6(14)7(15)8(17-4)11-2-1-5(13)10-9(11)16/h1-2,4,6-8,12,14-15H,3H2,(H,10,13,16)/t4-,6-,7-,8-/m1/s1/i/hD. The maximum absolute atomic E-state index is 11.6. The minimum atomic E-state index is -1.43. The zero-order valence-corrected chi connectivity index (χ0v) is 8.63. The second kappa shape index (κ2) is 4.41. The molecule has 0 radical (unpaired) electrons. The van der Waals surface area contributed by atoms with Crippen LogP contribution in [0, 0.1) is 0 Å². The Bertz CT molecular complexity index is 555. The average Bonchev–Trinajstić information content (AvgIpc) is 2.64. The Hall–Kier alpha value is -1.48. The number of hydrogen-bond donors (Lipinski definition) is 4. The molecule has 1 fully saturated rings. The number of hydrogen-bond acceptors (Lipinski definition) is 6. The molecule has 8 heteroatoms. The van der Waals surface area contributed by atoms with Crippen molar-refractivity contribution in [3.63, 3.8) is 0 Å². The fourth-order valence-corrected chi connectivity index (χ4v) is 1.70. The van der Waals surface area contributed by atoms with Gasteiger partial charge in [0.1, 0.15) is 18.3 Å². The van der Waals surface area contributed by atoms with Crippen LogP contribution in [0.2, 0.25) is 1.41 Å². The zero-order chi connectivity index (χ0) is 13.4. The van der Waals surface area contributed by atoms with Crippen molar-refractivity contribution in [3.8, 4) is 0 Å². The van der Waals surface area contributed by atoms with Crippen LogP contribution in [-0.2, 0) is 4.74 Å². The van der Waals surface area contributed by atoms with Crippen LogP contribution < -0.4 is 11.2 Å². The third-order valence-corrected chi connectivity index (χ3v) is 2.60. The third kappa shape index (κ3) is 2.03. The van der Waals surface area contributed by atoms with E-state index in [1.165, 1.54) is 0 Å². The minimum Gasteiger partial charge on any atom is -0.394 e. The van der Waals surface area contributed by atoms with Crippen LogP contribution in [0.1, 0.15) is 6.23 Å². The molecule has 8 nitrogen and oxygen atoms in total. The zero-order valence-electron chi connectivity index (χ0n) is 9.63. The second-order valence-electron chi connectivity index (χ2n) is 3.68. The normalized spacial score (nSPS) is 33.7. The van der Waals surface area contributed by atoms with Gasteiger partial charge in [-0.15, -0.1) is 0 Å². The summed E-state index contributed by atoms with van der Waals surface area (Å²) in [7, 11) is 0. The van der Waals surface area contributed by atoms with E-state index in [2.05, 4.69) is 0 Å². The Morgan fingerprint density at radius 1 is 1.47 bits per heavy atom. The van der Waals surface area contributed by atoms with Crippen LogP contribution in [0.15, 0.2) is 21.9 Å². The molecule has 2 rings (SSSR count). The third-order valence-electron chi connectivity index (χ3n) is 2.60. The number of nitrogens with one attached hydrogen (secondary N) is 1. The first kappa shape index (κ1) is 10.7. The van der Waals surface area contributed by atoms with Crippen molar-refractivity contribution in [2.45, 2.75) is 24.5 Å².